The molecule has 0 amide bonds. The summed E-state index contributed by atoms with van der Waals surface area (Å²) < 4.78 is 18.5. The van der Waals surface area contributed by atoms with E-state index in [1.165, 1.54) is 6.08 Å². The number of aryl methyl sites for hydroxylation is 2. The van der Waals surface area contributed by atoms with Gasteiger partial charge in [-0.3, -0.25) is 14.4 Å². The summed E-state index contributed by atoms with van der Waals surface area (Å²) in [5, 5.41) is 14.9. The van der Waals surface area contributed by atoms with E-state index in [-0.39, 0.29) is 30.8 Å². The molecule has 3 heterocycles. The van der Waals surface area contributed by atoms with Gasteiger partial charge in [0.1, 0.15) is 5.76 Å². The van der Waals surface area contributed by atoms with Crippen molar-refractivity contribution in [3.05, 3.63) is 40.2 Å². The van der Waals surface area contributed by atoms with Crippen molar-refractivity contribution in [3.8, 4) is 17.2 Å². The molecule has 4 rings (SSSR count). The number of hydrogen-bond acceptors (Lipinski definition) is 7. The molecule has 1 atom stereocenters. The number of allylic oxidation sites excluding steroid dienone is 1. The van der Waals surface area contributed by atoms with Crippen LogP contribution in [-0.4, -0.2) is 53.1 Å². The summed E-state index contributed by atoms with van der Waals surface area (Å²) in [6.45, 7) is 4.65. The first-order valence-electron chi connectivity index (χ1n) is 9.95. The van der Waals surface area contributed by atoms with Gasteiger partial charge in [-0.2, -0.15) is 5.10 Å². The Labute approximate surface area is 175 Å². The molecule has 2 aromatic rings. The number of aromatic nitrogens is 2. The fourth-order valence-electron chi connectivity index (χ4n) is 4.40. The van der Waals surface area contributed by atoms with Crippen LogP contribution in [0.5, 0.6) is 17.2 Å². The Bertz CT molecular complexity index is 1040. The topological polar surface area (TPSA) is 86.0 Å². The molecule has 0 radical (unpaired) electrons. The average molecular weight is 413 g/mol. The number of ketones is 1. The fraction of sp³-hybridized carbons (Fsp3) is 0.455. The third-order valence-corrected chi connectivity index (χ3v) is 6.00. The van der Waals surface area contributed by atoms with Gasteiger partial charge < -0.3 is 19.3 Å². The van der Waals surface area contributed by atoms with Crippen molar-refractivity contribution >= 4 is 11.5 Å². The average Bonchev–Trinajstić information content (AvgIpc) is 3.26. The Balaban J connectivity index is 1.66. The van der Waals surface area contributed by atoms with Crippen molar-refractivity contribution in [1.29, 1.82) is 0 Å². The van der Waals surface area contributed by atoms with Crippen molar-refractivity contribution in [2.45, 2.75) is 32.7 Å². The Morgan fingerprint density at radius 1 is 1.37 bits per heavy atom. The van der Waals surface area contributed by atoms with E-state index in [9.17, 15) is 9.90 Å². The van der Waals surface area contributed by atoms with Gasteiger partial charge in [0.05, 0.1) is 18.4 Å². The maximum absolute atomic E-state index is 12.9. The molecule has 0 aliphatic carbocycles. The number of nitrogens with zero attached hydrogens (tertiary/aromatic N) is 3. The van der Waals surface area contributed by atoms with E-state index in [1.807, 2.05) is 34.0 Å². The zero-order valence-electron chi connectivity index (χ0n) is 18.0. The molecule has 1 N–H and O–H groups in total. The third kappa shape index (κ3) is 3.31. The van der Waals surface area contributed by atoms with E-state index in [2.05, 4.69) is 10.00 Å². The summed E-state index contributed by atoms with van der Waals surface area (Å²) in [6.07, 6.45) is 2.35. The molecule has 1 aromatic carbocycles. The molecule has 1 aromatic heterocycles. The summed E-state index contributed by atoms with van der Waals surface area (Å²) in [5.41, 5.74) is 4.14. The molecule has 2 aliphatic heterocycles. The fourth-order valence-corrected chi connectivity index (χ4v) is 4.40. The number of rotatable bonds is 5. The first-order valence-corrected chi connectivity index (χ1v) is 9.95. The van der Waals surface area contributed by atoms with Crippen LogP contribution in [-0.2, 0) is 18.3 Å². The van der Waals surface area contributed by atoms with Crippen LogP contribution in [0.15, 0.2) is 12.1 Å². The summed E-state index contributed by atoms with van der Waals surface area (Å²) in [6, 6.07) is 1.80. The molecule has 0 saturated carbocycles. The van der Waals surface area contributed by atoms with Gasteiger partial charge in [-0.25, -0.2) is 0 Å². The minimum absolute atomic E-state index is 0.0561. The molecule has 0 bridgehead atoms. The molecular weight excluding hydrogens is 386 g/mol. The van der Waals surface area contributed by atoms with Crippen molar-refractivity contribution in [2.75, 3.05) is 27.5 Å². The van der Waals surface area contributed by atoms with E-state index in [0.29, 0.717) is 28.5 Å². The van der Waals surface area contributed by atoms with E-state index < -0.39 is 0 Å². The number of aliphatic hydroxyl groups is 1. The lowest BCUT2D eigenvalue weighted by atomic mass is 9.88. The predicted molar refractivity (Wildman–Crippen MR) is 111 cm³/mol. The molecule has 0 unspecified atom stereocenters. The number of fused-ring (bicyclic) bond motifs is 2. The van der Waals surface area contributed by atoms with Gasteiger partial charge in [0, 0.05) is 43.4 Å². The smallest absolute Gasteiger partial charge is 0.231 e. The van der Waals surface area contributed by atoms with Crippen LogP contribution in [0.3, 0.4) is 0 Å². The third-order valence-electron chi connectivity index (χ3n) is 6.00. The Morgan fingerprint density at radius 2 is 2.13 bits per heavy atom. The van der Waals surface area contributed by atoms with Gasteiger partial charge in [-0.05, 0) is 38.9 Å². The molecule has 30 heavy (non-hydrogen) atoms. The van der Waals surface area contributed by atoms with Gasteiger partial charge >= 0.3 is 0 Å². The zero-order chi connectivity index (χ0) is 21.6. The van der Waals surface area contributed by atoms with Crippen LogP contribution in [0.1, 0.15) is 40.5 Å². The van der Waals surface area contributed by atoms with Crippen LogP contribution in [0, 0.1) is 13.8 Å². The lowest BCUT2D eigenvalue weighted by Crippen LogP contribution is -2.33. The maximum Gasteiger partial charge on any atom is 0.231 e. The lowest BCUT2D eigenvalue weighted by molar-refractivity contribution is -0.115. The predicted octanol–water partition coefficient (Wildman–Crippen LogP) is 2.86. The summed E-state index contributed by atoms with van der Waals surface area (Å²) >= 11 is 0. The van der Waals surface area contributed by atoms with Gasteiger partial charge in [-0.1, -0.05) is 0 Å². The van der Waals surface area contributed by atoms with Crippen LogP contribution >= 0.6 is 0 Å². The summed E-state index contributed by atoms with van der Waals surface area (Å²) in [5.74, 6) is 1.67. The van der Waals surface area contributed by atoms with E-state index in [1.54, 1.807) is 11.8 Å². The van der Waals surface area contributed by atoms with Gasteiger partial charge in [0.2, 0.25) is 12.5 Å². The number of hydrogen-bond donors (Lipinski definition) is 1. The molecule has 8 nitrogen and oxygen atoms in total. The van der Waals surface area contributed by atoms with Crippen LogP contribution in [0.4, 0.5) is 0 Å². The molecule has 2 aliphatic rings. The minimum atomic E-state index is -0.189. The maximum atomic E-state index is 12.9. The number of carbonyl (C=O) groups excluding carboxylic acids is 1. The highest BCUT2D eigenvalue weighted by atomic mass is 16.7. The van der Waals surface area contributed by atoms with E-state index >= 15 is 0 Å². The van der Waals surface area contributed by atoms with Gasteiger partial charge in [0.15, 0.2) is 17.3 Å². The van der Waals surface area contributed by atoms with Gasteiger partial charge in [-0.15, -0.1) is 0 Å². The summed E-state index contributed by atoms with van der Waals surface area (Å²) in [4.78, 5) is 15.1. The minimum Gasteiger partial charge on any atom is -0.507 e. The van der Waals surface area contributed by atoms with Crippen molar-refractivity contribution in [1.82, 2.24) is 14.7 Å². The van der Waals surface area contributed by atoms with Crippen molar-refractivity contribution in [2.24, 2.45) is 7.05 Å². The monoisotopic (exact) mass is 413 g/mol. The number of ether oxygens (including phenoxy) is 3. The molecule has 8 heteroatoms. The lowest BCUT2D eigenvalue weighted by Gasteiger charge is -2.35. The highest BCUT2D eigenvalue weighted by Crippen LogP contribution is 2.50. The van der Waals surface area contributed by atoms with E-state index in [4.69, 9.17) is 14.2 Å². The second kappa shape index (κ2) is 7.68. The largest absolute Gasteiger partial charge is 0.507 e. The molecular formula is C22H27N3O5. The van der Waals surface area contributed by atoms with Crippen LogP contribution < -0.4 is 14.2 Å². The normalized spacial score (nSPS) is 18.4. The zero-order valence-corrected chi connectivity index (χ0v) is 18.0. The first-order chi connectivity index (χ1) is 14.3. The van der Waals surface area contributed by atoms with Crippen molar-refractivity contribution in [3.63, 3.8) is 0 Å². The molecule has 0 spiro atoms. The number of likely N-dealkylation sites (N-methyl/N-ethyl adjacent to an activating group) is 1. The van der Waals surface area contributed by atoms with Crippen molar-refractivity contribution < 1.29 is 24.1 Å². The second-order valence-electron chi connectivity index (χ2n) is 7.83. The number of methoxy groups -OCH3 is 1. The summed E-state index contributed by atoms with van der Waals surface area (Å²) in [7, 11) is 5.40. The van der Waals surface area contributed by atoms with Crippen LogP contribution in [0.2, 0.25) is 0 Å². The highest BCUT2D eigenvalue weighted by molar-refractivity contribution is 5.96. The number of carbonyl (C=O) groups is 1. The second-order valence-corrected chi connectivity index (χ2v) is 7.83. The molecule has 0 saturated heterocycles. The number of benzene rings is 1. The Morgan fingerprint density at radius 3 is 2.80 bits per heavy atom. The number of aliphatic hydroxyl groups excluding tert-OH is 1. The standard InChI is InChI=1S/C22H27N3O5/c1-12-19(13(2)25(4)23-12)17(27)10-15(26)9-16-20-14(6-7-24(16)3)8-18-21(22(20)28-5)30-11-29-18/h8,10,16,27H,6-7,9,11H2,1-5H3/b17-10-/t16-/m1/s1. The first kappa shape index (κ1) is 20.3. The van der Waals surface area contributed by atoms with Gasteiger partial charge in [0.25, 0.3) is 0 Å². The van der Waals surface area contributed by atoms with Crippen LogP contribution in [0.25, 0.3) is 5.76 Å². The Hall–Kier alpha value is -3.00. The quantitative estimate of drug-likeness (QED) is 0.596. The highest BCUT2D eigenvalue weighted by Gasteiger charge is 2.34. The van der Waals surface area contributed by atoms with E-state index in [0.717, 1.165) is 29.8 Å². The SMILES string of the molecule is COc1c2c(cc3c1[C@@H](CC(=O)/C=C(\O)c1c(C)nn(C)c1C)N(C)CC3)OCO2. The Kier molecular flexibility index (Phi) is 5.19. The molecule has 160 valence electrons. The molecule has 0 fully saturated rings.